The molecule has 25 heavy (non-hydrogen) atoms. The van der Waals surface area contributed by atoms with Crippen LogP contribution in [0.2, 0.25) is 5.02 Å². The van der Waals surface area contributed by atoms with Crippen molar-refractivity contribution >= 4 is 39.1 Å². The minimum Gasteiger partial charge on any atom is -0.335 e. The van der Waals surface area contributed by atoms with Gasteiger partial charge in [0.15, 0.2) is 0 Å². The maximum atomic E-state index is 12.9. The van der Waals surface area contributed by atoms with E-state index in [-0.39, 0.29) is 5.91 Å². The summed E-state index contributed by atoms with van der Waals surface area (Å²) in [6.07, 6.45) is 0. The molecule has 0 bridgehead atoms. The number of piperazine rings is 1. The Balaban J connectivity index is 1.73. The van der Waals surface area contributed by atoms with E-state index in [1.807, 2.05) is 46.8 Å². The van der Waals surface area contributed by atoms with E-state index in [1.165, 1.54) is 11.3 Å². The zero-order valence-electron chi connectivity index (χ0n) is 14.2. The summed E-state index contributed by atoms with van der Waals surface area (Å²) < 4.78 is 1.85. The van der Waals surface area contributed by atoms with Crippen LogP contribution in [-0.4, -0.2) is 58.7 Å². The molecule has 1 aliphatic heterocycles. The fraction of sp³-hybridized carbons (Fsp3) is 0.333. The zero-order valence-corrected chi connectivity index (χ0v) is 15.8. The van der Waals surface area contributed by atoms with E-state index in [9.17, 15) is 4.79 Å². The standard InChI is InChI=1S/C18H19ClN4OS/c1-12-13-11-16(17(24)22-9-7-21(2)8-10-22)25-18(13)23(20-12)15-6-4-3-5-14(15)19/h3-6,11H,7-10H2,1-2H3. The number of likely N-dealkylation sites (N-methyl/N-ethyl adjacent to an activating group) is 1. The first-order valence-electron chi connectivity index (χ1n) is 8.26. The molecule has 0 spiro atoms. The van der Waals surface area contributed by atoms with Crippen molar-refractivity contribution in [2.45, 2.75) is 6.92 Å². The number of thiophene rings is 1. The molecule has 0 N–H and O–H groups in total. The largest absolute Gasteiger partial charge is 0.335 e. The summed E-state index contributed by atoms with van der Waals surface area (Å²) in [5, 5.41) is 6.28. The Kier molecular flexibility index (Phi) is 4.27. The van der Waals surface area contributed by atoms with E-state index in [2.05, 4.69) is 17.0 Å². The molecule has 0 saturated carbocycles. The Morgan fingerprint density at radius 2 is 1.92 bits per heavy atom. The van der Waals surface area contributed by atoms with E-state index >= 15 is 0 Å². The second-order valence-corrected chi connectivity index (χ2v) is 7.81. The fourth-order valence-electron chi connectivity index (χ4n) is 3.10. The molecule has 1 amide bonds. The monoisotopic (exact) mass is 374 g/mol. The summed E-state index contributed by atoms with van der Waals surface area (Å²) in [5.74, 6) is 0.111. The van der Waals surface area contributed by atoms with Crippen LogP contribution >= 0.6 is 22.9 Å². The third-order valence-electron chi connectivity index (χ3n) is 4.63. The van der Waals surface area contributed by atoms with E-state index < -0.39 is 0 Å². The number of fused-ring (bicyclic) bond motifs is 1. The number of aryl methyl sites for hydroxylation is 1. The van der Waals surface area contributed by atoms with Gasteiger partial charge in [-0.15, -0.1) is 11.3 Å². The third kappa shape index (κ3) is 2.94. The highest BCUT2D eigenvalue weighted by molar-refractivity contribution is 7.20. The number of para-hydroxylation sites is 1. The predicted octanol–water partition coefficient (Wildman–Crippen LogP) is 3.44. The molecule has 1 aromatic carbocycles. The Morgan fingerprint density at radius 1 is 1.20 bits per heavy atom. The Hall–Kier alpha value is -1.89. The number of rotatable bonds is 2. The number of aromatic nitrogens is 2. The van der Waals surface area contributed by atoms with Crippen LogP contribution in [0.15, 0.2) is 30.3 Å². The van der Waals surface area contributed by atoms with Gasteiger partial charge in [0.25, 0.3) is 5.91 Å². The van der Waals surface area contributed by atoms with Crippen molar-refractivity contribution in [3.8, 4) is 5.69 Å². The van der Waals surface area contributed by atoms with Gasteiger partial charge in [-0.2, -0.15) is 5.10 Å². The van der Waals surface area contributed by atoms with Gasteiger partial charge in [-0.05, 0) is 32.2 Å². The van der Waals surface area contributed by atoms with Crippen molar-refractivity contribution in [1.82, 2.24) is 19.6 Å². The van der Waals surface area contributed by atoms with Crippen molar-refractivity contribution in [3.63, 3.8) is 0 Å². The summed E-state index contributed by atoms with van der Waals surface area (Å²) in [6.45, 7) is 5.36. The number of benzene rings is 1. The molecule has 3 aromatic rings. The summed E-state index contributed by atoms with van der Waals surface area (Å²) in [4.78, 5) is 18.8. The van der Waals surface area contributed by atoms with Gasteiger partial charge in [-0.3, -0.25) is 4.79 Å². The van der Waals surface area contributed by atoms with Crippen LogP contribution < -0.4 is 0 Å². The van der Waals surface area contributed by atoms with Crippen molar-refractivity contribution in [3.05, 3.63) is 45.9 Å². The Morgan fingerprint density at radius 3 is 2.64 bits per heavy atom. The number of carbonyl (C=O) groups is 1. The first-order valence-corrected chi connectivity index (χ1v) is 9.46. The molecular formula is C18H19ClN4OS. The SMILES string of the molecule is Cc1nn(-c2ccccc2Cl)c2sc(C(=O)N3CCN(C)CC3)cc12. The summed E-state index contributed by atoms with van der Waals surface area (Å²) >= 11 is 7.82. The molecule has 130 valence electrons. The molecule has 1 saturated heterocycles. The maximum Gasteiger partial charge on any atom is 0.264 e. The van der Waals surface area contributed by atoms with Gasteiger partial charge < -0.3 is 9.80 Å². The number of amides is 1. The first-order chi connectivity index (χ1) is 12.0. The van der Waals surface area contributed by atoms with Crippen molar-refractivity contribution in [1.29, 1.82) is 0 Å². The lowest BCUT2D eigenvalue weighted by atomic mass is 10.2. The van der Waals surface area contributed by atoms with E-state index in [0.29, 0.717) is 5.02 Å². The number of halogens is 1. The van der Waals surface area contributed by atoms with Gasteiger partial charge in [0.05, 0.1) is 21.3 Å². The average molecular weight is 375 g/mol. The van der Waals surface area contributed by atoms with Crippen molar-refractivity contribution in [2.24, 2.45) is 0 Å². The molecule has 0 aliphatic carbocycles. The van der Waals surface area contributed by atoms with Crippen LogP contribution in [0, 0.1) is 6.92 Å². The molecule has 1 fully saturated rings. The normalized spacial score (nSPS) is 15.9. The Labute approximate surface area is 155 Å². The van der Waals surface area contributed by atoms with Crippen LogP contribution in [0.25, 0.3) is 15.9 Å². The number of hydrogen-bond donors (Lipinski definition) is 0. The fourth-order valence-corrected chi connectivity index (χ4v) is 4.46. The number of carbonyl (C=O) groups excluding carboxylic acids is 1. The third-order valence-corrected chi connectivity index (χ3v) is 6.04. The minimum absolute atomic E-state index is 0.111. The lowest BCUT2D eigenvalue weighted by molar-refractivity contribution is 0.0669. The highest BCUT2D eigenvalue weighted by atomic mass is 35.5. The van der Waals surface area contributed by atoms with Gasteiger partial charge in [0.2, 0.25) is 0 Å². The minimum atomic E-state index is 0.111. The topological polar surface area (TPSA) is 41.4 Å². The van der Waals surface area contributed by atoms with Crippen LogP contribution in [0.1, 0.15) is 15.4 Å². The summed E-state index contributed by atoms with van der Waals surface area (Å²) in [7, 11) is 2.09. The maximum absolute atomic E-state index is 12.9. The van der Waals surface area contributed by atoms with E-state index in [0.717, 1.165) is 52.7 Å². The molecule has 4 rings (SSSR count). The lowest BCUT2D eigenvalue weighted by Crippen LogP contribution is -2.46. The Bertz CT molecular complexity index is 940. The smallest absolute Gasteiger partial charge is 0.264 e. The molecule has 0 radical (unpaired) electrons. The van der Waals surface area contributed by atoms with E-state index in [4.69, 9.17) is 11.6 Å². The number of nitrogens with zero attached hydrogens (tertiary/aromatic N) is 4. The molecule has 1 aliphatic rings. The molecular weight excluding hydrogens is 356 g/mol. The second-order valence-electron chi connectivity index (χ2n) is 6.37. The molecule has 2 aromatic heterocycles. The number of hydrogen-bond acceptors (Lipinski definition) is 4. The quantitative estimate of drug-likeness (QED) is 0.690. The molecule has 0 atom stereocenters. The highest BCUT2D eigenvalue weighted by Gasteiger charge is 2.24. The van der Waals surface area contributed by atoms with Gasteiger partial charge >= 0.3 is 0 Å². The molecule has 0 unspecified atom stereocenters. The summed E-state index contributed by atoms with van der Waals surface area (Å²) in [6, 6.07) is 9.60. The molecule has 3 heterocycles. The molecule has 7 heteroatoms. The van der Waals surface area contributed by atoms with Crippen LogP contribution in [0.3, 0.4) is 0 Å². The zero-order chi connectivity index (χ0) is 17.6. The predicted molar refractivity (Wildman–Crippen MR) is 102 cm³/mol. The second kappa shape index (κ2) is 6.44. The highest BCUT2D eigenvalue weighted by Crippen LogP contribution is 2.33. The van der Waals surface area contributed by atoms with Gasteiger partial charge in [0.1, 0.15) is 4.83 Å². The summed E-state index contributed by atoms with van der Waals surface area (Å²) in [5.41, 5.74) is 1.74. The van der Waals surface area contributed by atoms with Crippen molar-refractivity contribution in [2.75, 3.05) is 33.2 Å². The lowest BCUT2D eigenvalue weighted by Gasteiger charge is -2.32. The van der Waals surface area contributed by atoms with Crippen molar-refractivity contribution < 1.29 is 4.79 Å². The van der Waals surface area contributed by atoms with Gasteiger partial charge in [-0.25, -0.2) is 4.68 Å². The van der Waals surface area contributed by atoms with Gasteiger partial charge in [-0.1, -0.05) is 23.7 Å². The first kappa shape index (κ1) is 16.6. The van der Waals surface area contributed by atoms with Crippen LogP contribution in [0.4, 0.5) is 0 Å². The van der Waals surface area contributed by atoms with Crippen LogP contribution in [0.5, 0.6) is 0 Å². The van der Waals surface area contributed by atoms with Crippen LogP contribution in [-0.2, 0) is 0 Å². The molecule has 5 nitrogen and oxygen atoms in total. The average Bonchev–Trinajstić information content (AvgIpc) is 3.16. The van der Waals surface area contributed by atoms with E-state index in [1.54, 1.807) is 0 Å². The van der Waals surface area contributed by atoms with Gasteiger partial charge in [0, 0.05) is 31.6 Å².